The molecule has 0 saturated carbocycles. The van der Waals surface area contributed by atoms with Gasteiger partial charge in [0, 0.05) is 31.7 Å². The van der Waals surface area contributed by atoms with Crippen molar-refractivity contribution in [2.75, 3.05) is 26.2 Å². The molecule has 0 aromatic heterocycles. The van der Waals surface area contributed by atoms with Crippen LogP contribution in [0.3, 0.4) is 0 Å². The molecule has 0 radical (unpaired) electrons. The molecule has 0 spiro atoms. The molecule has 1 N–H and O–H groups in total. The maximum Gasteiger partial charge on any atom is 0.252 e. The van der Waals surface area contributed by atoms with Crippen molar-refractivity contribution in [3.63, 3.8) is 0 Å². The van der Waals surface area contributed by atoms with Gasteiger partial charge in [0.2, 0.25) is 15.9 Å². The van der Waals surface area contributed by atoms with Gasteiger partial charge in [0.1, 0.15) is 6.04 Å². The van der Waals surface area contributed by atoms with Crippen molar-refractivity contribution < 1.29 is 18.0 Å². The summed E-state index contributed by atoms with van der Waals surface area (Å²) in [6, 6.07) is 6.71. The second-order valence-electron chi connectivity index (χ2n) is 8.63. The second kappa shape index (κ2) is 9.47. The van der Waals surface area contributed by atoms with Crippen LogP contribution in [0, 0.1) is 12.8 Å². The number of likely N-dealkylation sites (tertiary alicyclic amines) is 1. The Morgan fingerprint density at radius 3 is 2.20 bits per heavy atom. The van der Waals surface area contributed by atoms with Gasteiger partial charge in [-0.2, -0.15) is 0 Å². The summed E-state index contributed by atoms with van der Waals surface area (Å²) in [5.74, 6) is -0.368. The van der Waals surface area contributed by atoms with E-state index < -0.39 is 21.3 Å². The highest BCUT2D eigenvalue weighted by Gasteiger charge is 2.38. The van der Waals surface area contributed by atoms with Gasteiger partial charge in [-0.15, -0.1) is 0 Å². The molecule has 8 heteroatoms. The lowest BCUT2D eigenvalue weighted by Gasteiger charge is -2.37. The maximum atomic E-state index is 13.3. The fourth-order valence-electron chi connectivity index (χ4n) is 4.32. The summed E-state index contributed by atoms with van der Waals surface area (Å²) >= 11 is 0. The largest absolute Gasteiger partial charge is 0.341 e. The van der Waals surface area contributed by atoms with Crippen LogP contribution in [0.25, 0.3) is 0 Å². The average molecular weight is 436 g/mol. The van der Waals surface area contributed by atoms with Crippen LogP contribution >= 0.6 is 0 Å². The molecule has 1 aromatic carbocycles. The Kier molecular flexibility index (Phi) is 7.18. The molecule has 2 aliphatic heterocycles. The topological polar surface area (TPSA) is 86.8 Å². The number of carbonyl (C=O) groups is 2. The Morgan fingerprint density at radius 2 is 1.63 bits per heavy atom. The lowest BCUT2D eigenvalue weighted by Crippen LogP contribution is -2.54. The minimum absolute atomic E-state index is 0.0420. The third kappa shape index (κ3) is 4.86. The van der Waals surface area contributed by atoms with Gasteiger partial charge in [-0.1, -0.05) is 18.2 Å². The Bertz CT molecular complexity index is 870. The molecular weight excluding hydrogens is 402 g/mol. The van der Waals surface area contributed by atoms with Crippen molar-refractivity contribution in [1.29, 1.82) is 0 Å². The van der Waals surface area contributed by atoms with Gasteiger partial charge >= 0.3 is 0 Å². The zero-order valence-corrected chi connectivity index (χ0v) is 19.0. The van der Waals surface area contributed by atoms with E-state index in [2.05, 4.69) is 5.32 Å². The van der Waals surface area contributed by atoms with E-state index in [1.165, 1.54) is 4.31 Å². The zero-order valence-electron chi connectivity index (χ0n) is 18.1. The summed E-state index contributed by atoms with van der Waals surface area (Å²) < 4.78 is 26.5. The third-order valence-electron chi connectivity index (χ3n) is 6.29. The normalized spacial score (nSPS) is 19.8. The first-order valence-corrected chi connectivity index (χ1v) is 12.4. The number of hydrogen-bond acceptors (Lipinski definition) is 4. The molecule has 1 atom stereocenters. The molecule has 0 bridgehead atoms. The van der Waals surface area contributed by atoms with E-state index >= 15 is 0 Å². The van der Waals surface area contributed by atoms with Crippen LogP contribution in [0.2, 0.25) is 0 Å². The number of sulfonamides is 1. The average Bonchev–Trinajstić information content (AvgIpc) is 3.26. The van der Waals surface area contributed by atoms with Crippen molar-refractivity contribution >= 4 is 21.8 Å². The van der Waals surface area contributed by atoms with Crippen LogP contribution < -0.4 is 5.32 Å². The van der Waals surface area contributed by atoms with Crippen LogP contribution in [-0.2, 0) is 14.8 Å². The van der Waals surface area contributed by atoms with Gasteiger partial charge < -0.3 is 10.2 Å². The fourth-order valence-corrected chi connectivity index (χ4v) is 5.64. The van der Waals surface area contributed by atoms with Gasteiger partial charge in [0.25, 0.3) is 5.91 Å². The number of carbonyl (C=O) groups excluding carboxylic acids is 2. The van der Waals surface area contributed by atoms with Crippen LogP contribution in [0.1, 0.15) is 55.5 Å². The summed E-state index contributed by atoms with van der Waals surface area (Å²) in [4.78, 5) is 28.1. The predicted octanol–water partition coefficient (Wildman–Crippen LogP) is 2.17. The van der Waals surface area contributed by atoms with Gasteiger partial charge in [-0.25, -0.2) is 12.7 Å². The van der Waals surface area contributed by atoms with E-state index in [0.717, 1.165) is 31.5 Å². The zero-order chi connectivity index (χ0) is 21.9. The maximum absolute atomic E-state index is 13.3. The SMILES string of the molecule is Cc1ccccc1C(=O)N[C@@H](C(=O)N1CCCC1)C1CCN(S(=O)(=O)C(C)C)CC1. The molecule has 0 aliphatic carbocycles. The lowest BCUT2D eigenvalue weighted by atomic mass is 9.89. The molecule has 1 aromatic rings. The molecule has 7 nitrogen and oxygen atoms in total. The van der Waals surface area contributed by atoms with E-state index in [1.54, 1.807) is 19.9 Å². The van der Waals surface area contributed by atoms with Crippen LogP contribution in [-0.4, -0.2) is 66.9 Å². The summed E-state index contributed by atoms with van der Waals surface area (Å²) in [5.41, 5.74) is 1.43. The minimum atomic E-state index is -3.31. The number of piperidine rings is 1. The summed E-state index contributed by atoms with van der Waals surface area (Å²) in [7, 11) is -3.31. The number of benzene rings is 1. The highest BCUT2D eigenvalue weighted by Crippen LogP contribution is 2.26. The fraction of sp³-hybridized carbons (Fsp3) is 0.636. The molecule has 2 amide bonds. The van der Waals surface area contributed by atoms with Crippen molar-refractivity contribution in [2.45, 2.75) is 57.7 Å². The van der Waals surface area contributed by atoms with Crippen LogP contribution in [0.4, 0.5) is 0 Å². The number of rotatable bonds is 6. The number of amides is 2. The molecule has 2 heterocycles. The van der Waals surface area contributed by atoms with Crippen LogP contribution in [0.15, 0.2) is 24.3 Å². The Balaban J connectivity index is 1.76. The summed E-state index contributed by atoms with van der Waals surface area (Å²) in [6.45, 7) is 7.45. The van der Waals surface area contributed by atoms with Crippen molar-refractivity contribution in [3.8, 4) is 0 Å². The first kappa shape index (κ1) is 22.7. The van der Waals surface area contributed by atoms with Crippen molar-refractivity contribution in [2.24, 2.45) is 5.92 Å². The number of hydrogen-bond donors (Lipinski definition) is 1. The Hall–Kier alpha value is -1.93. The number of nitrogens with zero attached hydrogens (tertiary/aromatic N) is 2. The highest BCUT2D eigenvalue weighted by molar-refractivity contribution is 7.89. The molecule has 2 fully saturated rings. The number of aryl methyl sites for hydroxylation is 1. The quantitative estimate of drug-likeness (QED) is 0.742. The van der Waals surface area contributed by atoms with Gasteiger partial charge in [-0.3, -0.25) is 9.59 Å². The van der Waals surface area contributed by atoms with E-state index in [9.17, 15) is 18.0 Å². The second-order valence-corrected chi connectivity index (χ2v) is 11.1. The van der Waals surface area contributed by atoms with Gasteiger partial charge in [0.05, 0.1) is 5.25 Å². The summed E-state index contributed by atoms with van der Waals surface area (Å²) in [6.07, 6.45) is 3.08. The van der Waals surface area contributed by atoms with E-state index in [1.807, 2.05) is 30.0 Å². The van der Waals surface area contributed by atoms with Crippen LogP contribution in [0.5, 0.6) is 0 Å². The molecule has 2 aliphatic rings. The smallest absolute Gasteiger partial charge is 0.252 e. The van der Waals surface area contributed by atoms with Crippen molar-refractivity contribution in [1.82, 2.24) is 14.5 Å². The third-order valence-corrected chi connectivity index (χ3v) is 8.56. The first-order chi connectivity index (χ1) is 14.2. The summed E-state index contributed by atoms with van der Waals surface area (Å²) in [5, 5.41) is 2.54. The molecule has 2 saturated heterocycles. The molecule has 30 heavy (non-hydrogen) atoms. The van der Waals surface area contributed by atoms with E-state index in [0.29, 0.717) is 31.5 Å². The van der Waals surface area contributed by atoms with E-state index in [4.69, 9.17) is 0 Å². The Labute approximate surface area is 179 Å². The highest BCUT2D eigenvalue weighted by atomic mass is 32.2. The minimum Gasteiger partial charge on any atom is -0.341 e. The molecule has 166 valence electrons. The Morgan fingerprint density at radius 1 is 1.03 bits per heavy atom. The number of nitrogens with one attached hydrogen (secondary N) is 1. The van der Waals surface area contributed by atoms with Gasteiger partial charge in [0.15, 0.2) is 0 Å². The molecule has 3 rings (SSSR count). The molecular formula is C22H33N3O4S. The standard InChI is InChI=1S/C22H33N3O4S/c1-16(2)30(28,29)25-14-10-18(11-15-25)20(22(27)24-12-6-7-13-24)23-21(26)19-9-5-4-8-17(19)3/h4-5,8-9,16,18,20H,6-7,10-15H2,1-3H3,(H,23,26)/t20-/m1/s1. The van der Waals surface area contributed by atoms with Gasteiger partial charge in [-0.05, 0) is 64.0 Å². The lowest BCUT2D eigenvalue weighted by molar-refractivity contribution is -0.133. The molecule has 0 unspecified atom stereocenters. The first-order valence-electron chi connectivity index (χ1n) is 10.9. The van der Waals surface area contributed by atoms with E-state index in [-0.39, 0.29) is 17.7 Å². The van der Waals surface area contributed by atoms with Crippen molar-refractivity contribution in [3.05, 3.63) is 35.4 Å². The predicted molar refractivity (Wildman–Crippen MR) is 117 cm³/mol. The monoisotopic (exact) mass is 435 g/mol.